The number of nitrogens with zero attached hydrogens (tertiary/aromatic N) is 2. The summed E-state index contributed by atoms with van der Waals surface area (Å²) in [6.07, 6.45) is 1.87. The monoisotopic (exact) mass is 295 g/mol. The van der Waals surface area contributed by atoms with Crippen LogP contribution < -0.4 is 5.32 Å². The maximum absolute atomic E-state index is 12.5. The standard InChI is InChI=1S/C14H21N3O2S/c1-10-9-20-13(16-10)11-3-2-5-17(8-11)14(18)12-7-15-4-6-19-12/h9,11-12,15H,2-8H2,1H3. The van der Waals surface area contributed by atoms with Crippen LogP contribution in [0, 0.1) is 6.92 Å². The summed E-state index contributed by atoms with van der Waals surface area (Å²) in [6, 6.07) is 0. The highest BCUT2D eigenvalue weighted by atomic mass is 32.1. The van der Waals surface area contributed by atoms with Crippen LogP contribution in [0.4, 0.5) is 0 Å². The highest BCUT2D eigenvalue weighted by Crippen LogP contribution is 2.29. The lowest BCUT2D eigenvalue weighted by atomic mass is 9.98. The molecule has 20 heavy (non-hydrogen) atoms. The van der Waals surface area contributed by atoms with Crippen LogP contribution in [0.3, 0.4) is 0 Å². The van der Waals surface area contributed by atoms with E-state index < -0.39 is 0 Å². The molecule has 2 unspecified atom stereocenters. The Morgan fingerprint density at radius 1 is 1.60 bits per heavy atom. The molecule has 2 aliphatic heterocycles. The minimum atomic E-state index is -0.305. The summed E-state index contributed by atoms with van der Waals surface area (Å²) < 4.78 is 5.57. The van der Waals surface area contributed by atoms with E-state index in [1.807, 2.05) is 11.8 Å². The Balaban J connectivity index is 1.63. The molecule has 2 atom stereocenters. The van der Waals surface area contributed by atoms with Crippen molar-refractivity contribution in [3.63, 3.8) is 0 Å². The summed E-state index contributed by atoms with van der Waals surface area (Å²) in [6.45, 7) is 5.75. The van der Waals surface area contributed by atoms with E-state index in [1.54, 1.807) is 11.3 Å². The normalized spacial score (nSPS) is 27.6. The zero-order chi connectivity index (χ0) is 13.9. The number of hydrogen-bond acceptors (Lipinski definition) is 5. The van der Waals surface area contributed by atoms with Crippen LogP contribution in [-0.4, -0.2) is 54.7 Å². The Hall–Kier alpha value is -0.980. The van der Waals surface area contributed by atoms with Gasteiger partial charge in [-0.05, 0) is 19.8 Å². The second-order valence-electron chi connectivity index (χ2n) is 5.51. The van der Waals surface area contributed by atoms with E-state index in [0.717, 1.165) is 38.2 Å². The zero-order valence-corrected chi connectivity index (χ0v) is 12.6. The van der Waals surface area contributed by atoms with Crippen molar-refractivity contribution in [2.24, 2.45) is 0 Å². The number of aryl methyl sites for hydroxylation is 1. The molecule has 2 aliphatic rings. The molecule has 0 aromatic carbocycles. The molecular formula is C14H21N3O2S. The van der Waals surface area contributed by atoms with Gasteiger partial charge in [-0.25, -0.2) is 4.98 Å². The van der Waals surface area contributed by atoms with E-state index in [4.69, 9.17) is 4.74 Å². The molecule has 1 amide bonds. The molecular weight excluding hydrogens is 274 g/mol. The summed E-state index contributed by atoms with van der Waals surface area (Å²) in [5.41, 5.74) is 1.08. The molecule has 1 aromatic heterocycles. The number of piperidine rings is 1. The number of thiazole rings is 1. The van der Waals surface area contributed by atoms with Crippen molar-refractivity contribution in [2.45, 2.75) is 31.8 Å². The minimum absolute atomic E-state index is 0.134. The summed E-state index contributed by atoms with van der Waals surface area (Å²) in [5, 5.41) is 6.47. The number of hydrogen-bond donors (Lipinski definition) is 1. The Kier molecular flexibility index (Phi) is 4.33. The summed E-state index contributed by atoms with van der Waals surface area (Å²) >= 11 is 1.71. The number of amides is 1. The van der Waals surface area contributed by atoms with Crippen LogP contribution >= 0.6 is 11.3 Å². The largest absolute Gasteiger partial charge is 0.366 e. The van der Waals surface area contributed by atoms with Crippen molar-refractivity contribution in [1.82, 2.24) is 15.2 Å². The molecule has 0 saturated carbocycles. The number of morpholine rings is 1. The number of carbonyl (C=O) groups is 1. The molecule has 6 heteroatoms. The van der Waals surface area contributed by atoms with Gasteiger partial charge in [0.05, 0.1) is 11.6 Å². The van der Waals surface area contributed by atoms with Gasteiger partial charge in [0.2, 0.25) is 0 Å². The van der Waals surface area contributed by atoms with Crippen molar-refractivity contribution in [3.8, 4) is 0 Å². The number of rotatable bonds is 2. The van der Waals surface area contributed by atoms with Crippen LogP contribution in [0.25, 0.3) is 0 Å². The molecule has 5 nitrogen and oxygen atoms in total. The average molecular weight is 295 g/mol. The van der Waals surface area contributed by atoms with Crippen molar-refractivity contribution in [2.75, 3.05) is 32.8 Å². The topological polar surface area (TPSA) is 54.5 Å². The van der Waals surface area contributed by atoms with Gasteiger partial charge in [-0.2, -0.15) is 0 Å². The Bertz CT molecular complexity index is 471. The lowest BCUT2D eigenvalue weighted by molar-refractivity contribution is -0.146. The fourth-order valence-corrected chi connectivity index (χ4v) is 3.79. The molecule has 3 heterocycles. The molecule has 1 N–H and O–H groups in total. The lowest BCUT2D eigenvalue weighted by Gasteiger charge is -2.35. The van der Waals surface area contributed by atoms with E-state index in [1.165, 1.54) is 5.01 Å². The number of aromatic nitrogens is 1. The van der Waals surface area contributed by atoms with Crippen LogP contribution in [-0.2, 0) is 9.53 Å². The fraction of sp³-hybridized carbons (Fsp3) is 0.714. The molecule has 3 rings (SSSR count). The predicted molar refractivity (Wildman–Crippen MR) is 78.0 cm³/mol. The molecule has 0 aliphatic carbocycles. The van der Waals surface area contributed by atoms with E-state index in [9.17, 15) is 4.79 Å². The van der Waals surface area contributed by atoms with Crippen molar-refractivity contribution in [3.05, 3.63) is 16.1 Å². The molecule has 0 bridgehead atoms. The van der Waals surface area contributed by atoms with E-state index in [-0.39, 0.29) is 12.0 Å². The fourth-order valence-electron chi connectivity index (χ4n) is 2.87. The molecule has 2 fully saturated rings. The first-order valence-electron chi connectivity index (χ1n) is 7.27. The molecule has 2 saturated heterocycles. The summed E-state index contributed by atoms with van der Waals surface area (Å²) in [5.74, 6) is 0.526. The SMILES string of the molecule is Cc1csc(C2CCCN(C(=O)C3CNCCO3)C2)n1. The van der Waals surface area contributed by atoms with Crippen LogP contribution in [0.15, 0.2) is 5.38 Å². The van der Waals surface area contributed by atoms with Crippen molar-refractivity contribution < 1.29 is 9.53 Å². The van der Waals surface area contributed by atoms with E-state index >= 15 is 0 Å². The van der Waals surface area contributed by atoms with Crippen molar-refractivity contribution >= 4 is 17.2 Å². The van der Waals surface area contributed by atoms with Crippen molar-refractivity contribution in [1.29, 1.82) is 0 Å². The van der Waals surface area contributed by atoms with Gasteiger partial charge >= 0.3 is 0 Å². The first kappa shape index (κ1) is 14.0. The van der Waals surface area contributed by atoms with Gasteiger partial charge in [-0.3, -0.25) is 4.79 Å². The van der Waals surface area contributed by atoms with E-state index in [2.05, 4.69) is 15.7 Å². The lowest BCUT2D eigenvalue weighted by Crippen LogP contribution is -2.51. The predicted octanol–water partition coefficient (Wildman–Crippen LogP) is 1.15. The molecule has 1 aromatic rings. The number of ether oxygens (including phenoxy) is 1. The van der Waals surface area contributed by atoms with Gasteiger partial charge in [0.25, 0.3) is 5.91 Å². The maximum atomic E-state index is 12.5. The molecule has 0 spiro atoms. The van der Waals surface area contributed by atoms with Gasteiger partial charge in [-0.1, -0.05) is 0 Å². The highest BCUT2D eigenvalue weighted by Gasteiger charge is 2.31. The molecule has 110 valence electrons. The zero-order valence-electron chi connectivity index (χ0n) is 11.8. The second-order valence-corrected chi connectivity index (χ2v) is 6.40. The third kappa shape index (κ3) is 3.02. The third-order valence-corrected chi connectivity index (χ3v) is 5.05. The first-order chi connectivity index (χ1) is 9.74. The van der Waals surface area contributed by atoms with Gasteiger partial charge in [-0.15, -0.1) is 11.3 Å². The van der Waals surface area contributed by atoms with Crippen LogP contribution in [0.5, 0.6) is 0 Å². The van der Waals surface area contributed by atoms with Gasteiger partial charge < -0.3 is 15.0 Å². The van der Waals surface area contributed by atoms with Crippen LogP contribution in [0.2, 0.25) is 0 Å². The highest BCUT2D eigenvalue weighted by molar-refractivity contribution is 7.09. The van der Waals surface area contributed by atoms with Crippen LogP contribution in [0.1, 0.15) is 29.5 Å². The second kappa shape index (κ2) is 6.20. The van der Waals surface area contributed by atoms with Gasteiger partial charge in [0.1, 0.15) is 6.10 Å². The Morgan fingerprint density at radius 3 is 3.20 bits per heavy atom. The number of nitrogens with one attached hydrogen (secondary N) is 1. The smallest absolute Gasteiger partial charge is 0.253 e. The van der Waals surface area contributed by atoms with E-state index in [0.29, 0.717) is 19.1 Å². The summed E-state index contributed by atoms with van der Waals surface area (Å²) in [7, 11) is 0. The number of carbonyl (C=O) groups excluding carboxylic acids is 1. The minimum Gasteiger partial charge on any atom is -0.366 e. The first-order valence-corrected chi connectivity index (χ1v) is 8.15. The number of likely N-dealkylation sites (tertiary alicyclic amines) is 1. The summed E-state index contributed by atoms with van der Waals surface area (Å²) in [4.78, 5) is 19.0. The quantitative estimate of drug-likeness (QED) is 0.889. The third-order valence-electron chi connectivity index (χ3n) is 3.92. The Morgan fingerprint density at radius 2 is 2.50 bits per heavy atom. The molecule has 0 radical (unpaired) electrons. The van der Waals surface area contributed by atoms with Gasteiger partial charge in [0, 0.05) is 43.2 Å². The average Bonchev–Trinajstić information content (AvgIpc) is 2.94. The maximum Gasteiger partial charge on any atom is 0.253 e. The Labute approximate surface area is 123 Å². The van der Waals surface area contributed by atoms with Gasteiger partial charge in [0.15, 0.2) is 0 Å².